The molecule has 0 fully saturated rings. The maximum Gasteiger partial charge on any atom is 0.129 e. The molecule has 0 saturated carbocycles. The summed E-state index contributed by atoms with van der Waals surface area (Å²) in [6, 6.07) is 8.38. The smallest absolute Gasteiger partial charge is 0.129 e. The van der Waals surface area contributed by atoms with Crippen LogP contribution >= 0.6 is 15.9 Å². The summed E-state index contributed by atoms with van der Waals surface area (Å²) < 4.78 is 14.3. The van der Waals surface area contributed by atoms with E-state index in [9.17, 15) is 9.50 Å². The largest absolute Gasteiger partial charge is 0.388 e. The van der Waals surface area contributed by atoms with Crippen molar-refractivity contribution in [3.8, 4) is 0 Å². The van der Waals surface area contributed by atoms with Crippen molar-refractivity contribution in [1.29, 1.82) is 0 Å². The summed E-state index contributed by atoms with van der Waals surface area (Å²) in [5, 5.41) is 10.0. The summed E-state index contributed by atoms with van der Waals surface area (Å²) in [6.07, 6.45) is 3.79. The highest BCUT2D eigenvalue weighted by atomic mass is 79.9. The van der Waals surface area contributed by atoms with Crippen molar-refractivity contribution < 1.29 is 9.50 Å². The van der Waals surface area contributed by atoms with E-state index in [0.29, 0.717) is 18.4 Å². The molecular formula is C14H13BrFNO. The van der Waals surface area contributed by atoms with Crippen molar-refractivity contribution in [2.24, 2.45) is 0 Å². The molecule has 94 valence electrons. The fourth-order valence-corrected chi connectivity index (χ4v) is 2.15. The van der Waals surface area contributed by atoms with Gasteiger partial charge in [-0.1, -0.05) is 22.0 Å². The summed E-state index contributed by atoms with van der Waals surface area (Å²) in [4.78, 5) is 4.00. The molecule has 0 aliphatic heterocycles. The fraction of sp³-hybridized carbons (Fsp3) is 0.214. The average molecular weight is 310 g/mol. The highest BCUT2D eigenvalue weighted by molar-refractivity contribution is 9.10. The zero-order valence-electron chi connectivity index (χ0n) is 9.68. The van der Waals surface area contributed by atoms with Crippen LogP contribution in [0.2, 0.25) is 0 Å². The first-order valence-electron chi connectivity index (χ1n) is 5.69. The second-order valence-electron chi connectivity index (χ2n) is 4.08. The number of aryl methyl sites for hydroxylation is 1. The van der Waals surface area contributed by atoms with Gasteiger partial charge >= 0.3 is 0 Å². The molecule has 2 nitrogen and oxygen atoms in total. The van der Waals surface area contributed by atoms with E-state index in [1.807, 2.05) is 12.1 Å². The SMILES string of the molecule is OC(CCc1cccnc1)c1cc(Br)ccc1F. The van der Waals surface area contributed by atoms with Gasteiger partial charge in [0.25, 0.3) is 0 Å². The number of hydrogen-bond acceptors (Lipinski definition) is 2. The molecule has 1 N–H and O–H groups in total. The molecule has 1 heterocycles. The summed E-state index contributed by atoms with van der Waals surface area (Å²) in [5.74, 6) is -0.378. The van der Waals surface area contributed by atoms with E-state index in [2.05, 4.69) is 20.9 Å². The van der Waals surface area contributed by atoms with Crippen LogP contribution in [0.3, 0.4) is 0 Å². The van der Waals surface area contributed by atoms with E-state index in [-0.39, 0.29) is 5.82 Å². The summed E-state index contributed by atoms with van der Waals surface area (Å²) in [5.41, 5.74) is 1.36. The van der Waals surface area contributed by atoms with Crippen molar-refractivity contribution in [1.82, 2.24) is 4.98 Å². The third kappa shape index (κ3) is 3.37. The number of aromatic nitrogens is 1. The quantitative estimate of drug-likeness (QED) is 0.935. The lowest BCUT2D eigenvalue weighted by molar-refractivity contribution is 0.163. The van der Waals surface area contributed by atoms with Crippen LogP contribution in [0, 0.1) is 5.82 Å². The number of aliphatic hydroxyl groups is 1. The van der Waals surface area contributed by atoms with Gasteiger partial charge in [0.05, 0.1) is 6.10 Å². The number of nitrogens with zero attached hydrogens (tertiary/aromatic N) is 1. The first-order valence-corrected chi connectivity index (χ1v) is 6.48. The minimum absolute atomic E-state index is 0.327. The van der Waals surface area contributed by atoms with E-state index in [0.717, 1.165) is 10.0 Å². The average Bonchev–Trinajstić information content (AvgIpc) is 2.40. The molecular weight excluding hydrogens is 297 g/mol. The molecule has 4 heteroatoms. The minimum Gasteiger partial charge on any atom is -0.388 e. The molecule has 2 aromatic rings. The maximum absolute atomic E-state index is 13.6. The highest BCUT2D eigenvalue weighted by Gasteiger charge is 2.13. The Labute approximate surface area is 114 Å². The molecule has 0 saturated heterocycles. The zero-order valence-corrected chi connectivity index (χ0v) is 11.3. The van der Waals surface area contributed by atoms with E-state index in [4.69, 9.17) is 0 Å². The first kappa shape index (κ1) is 13.2. The third-order valence-corrected chi connectivity index (χ3v) is 3.24. The molecule has 1 atom stereocenters. The molecule has 0 spiro atoms. The number of rotatable bonds is 4. The van der Waals surface area contributed by atoms with Gasteiger partial charge in [-0.15, -0.1) is 0 Å². The number of hydrogen-bond donors (Lipinski definition) is 1. The Balaban J connectivity index is 2.03. The van der Waals surface area contributed by atoms with E-state index >= 15 is 0 Å². The lowest BCUT2D eigenvalue weighted by atomic mass is 10.0. The van der Waals surface area contributed by atoms with Gasteiger partial charge in [0.15, 0.2) is 0 Å². The zero-order chi connectivity index (χ0) is 13.0. The van der Waals surface area contributed by atoms with Crippen LogP contribution in [0.5, 0.6) is 0 Å². The first-order chi connectivity index (χ1) is 8.66. The molecule has 1 unspecified atom stereocenters. The lowest BCUT2D eigenvalue weighted by Gasteiger charge is -2.12. The number of halogens is 2. The van der Waals surface area contributed by atoms with Crippen LogP contribution < -0.4 is 0 Å². The molecule has 18 heavy (non-hydrogen) atoms. The second-order valence-corrected chi connectivity index (χ2v) is 5.00. The van der Waals surface area contributed by atoms with Gasteiger partial charge in [-0.2, -0.15) is 0 Å². The van der Waals surface area contributed by atoms with Crippen LogP contribution in [-0.4, -0.2) is 10.1 Å². The second kappa shape index (κ2) is 6.07. The Morgan fingerprint density at radius 3 is 2.89 bits per heavy atom. The monoisotopic (exact) mass is 309 g/mol. The van der Waals surface area contributed by atoms with Crippen LogP contribution in [0.15, 0.2) is 47.2 Å². The van der Waals surface area contributed by atoms with E-state index in [1.54, 1.807) is 24.5 Å². The minimum atomic E-state index is -0.803. The third-order valence-electron chi connectivity index (χ3n) is 2.75. The molecule has 0 aliphatic carbocycles. The standard InChI is InChI=1S/C14H13BrFNO/c15-11-4-5-13(16)12(8-11)14(18)6-3-10-2-1-7-17-9-10/h1-2,4-5,7-9,14,18H,3,6H2. The van der Waals surface area contributed by atoms with Gasteiger partial charge < -0.3 is 5.11 Å². The van der Waals surface area contributed by atoms with Crippen molar-refractivity contribution in [2.75, 3.05) is 0 Å². The van der Waals surface area contributed by atoms with Gasteiger partial charge in [0.1, 0.15) is 5.82 Å². The predicted octanol–water partition coefficient (Wildman–Crippen LogP) is 3.65. The Hall–Kier alpha value is -1.26. The van der Waals surface area contributed by atoms with Crippen molar-refractivity contribution in [3.63, 3.8) is 0 Å². The van der Waals surface area contributed by atoms with Crippen LogP contribution in [-0.2, 0) is 6.42 Å². The fourth-order valence-electron chi connectivity index (χ4n) is 1.77. The van der Waals surface area contributed by atoms with Crippen LogP contribution in [0.1, 0.15) is 23.7 Å². The Morgan fingerprint density at radius 2 is 2.17 bits per heavy atom. The van der Waals surface area contributed by atoms with Gasteiger partial charge in [-0.25, -0.2) is 4.39 Å². The molecule has 1 aromatic heterocycles. The Bertz CT molecular complexity index is 518. The van der Waals surface area contributed by atoms with Crippen molar-refractivity contribution >= 4 is 15.9 Å². The normalized spacial score (nSPS) is 12.4. The topological polar surface area (TPSA) is 33.1 Å². The molecule has 0 aliphatic rings. The predicted molar refractivity (Wildman–Crippen MR) is 71.6 cm³/mol. The van der Waals surface area contributed by atoms with Crippen LogP contribution in [0.4, 0.5) is 4.39 Å². The van der Waals surface area contributed by atoms with E-state index < -0.39 is 6.10 Å². The summed E-state index contributed by atoms with van der Waals surface area (Å²) >= 11 is 3.27. The number of pyridine rings is 1. The van der Waals surface area contributed by atoms with Crippen molar-refractivity contribution in [2.45, 2.75) is 18.9 Å². The highest BCUT2D eigenvalue weighted by Crippen LogP contribution is 2.24. The molecule has 1 aromatic carbocycles. The van der Waals surface area contributed by atoms with Gasteiger partial charge in [-0.3, -0.25) is 4.98 Å². The molecule has 2 rings (SSSR count). The summed E-state index contributed by atoms with van der Waals surface area (Å²) in [7, 11) is 0. The Morgan fingerprint density at radius 1 is 1.33 bits per heavy atom. The molecule has 0 amide bonds. The Kier molecular flexibility index (Phi) is 4.44. The van der Waals surface area contributed by atoms with Crippen LogP contribution in [0.25, 0.3) is 0 Å². The molecule has 0 bridgehead atoms. The number of benzene rings is 1. The lowest BCUT2D eigenvalue weighted by Crippen LogP contribution is -2.02. The van der Waals surface area contributed by atoms with Gasteiger partial charge in [0, 0.05) is 22.4 Å². The maximum atomic E-state index is 13.6. The van der Waals surface area contributed by atoms with Gasteiger partial charge in [-0.05, 0) is 42.7 Å². The summed E-state index contributed by atoms with van der Waals surface area (Å²) in [6.45, 7) is 0. The van der Waals surface area contributed by atoms with E-state index in [1.165, 1.54) is 6.07 Å². The number of aliphatic hydroxyl groups excluding tert-OH is 1. The molecule has 0 radical (unpaired) electrons. The van der Waals surface area contributed by atoms with Gasteiger partial charge in [0.2, 0.25) is 0 Å². The van der Waals surface area contributed by atoms with Crippen molar-refractivity contribution in [3.05, 3.63) is 64.1 Å².